The van der Waals surface area contributed by atoms with E-state index in [9.17, 15) is 4.39 Å². The average Bonchev–Trinajstić information content (AvgIpc) is 2.98. The van der Waals surface area contributed by atoms with Crippen molar-refractivity contribution in [1.82, 2.24) is 10.2 Å². The number of hydrogen-bond acceptors (Lipinski definition) is 2. The van der Waals surface area contributed by atoms with E-state index in [0.717, 1.165) is 50.7 Å². The third-order valence-electron chi connectivity index (χ3n) is 3.74. The molecule has 1 saturated heterocycles. The molecule has 0 spiro atoms. The fourth-order valence-electron chi connectivity index (χ4n) is 2.56. The molecule has 1 unspecified atom stereocenters. The maximum atomic E-state index is 12.8. The van der Waals surface area contributed by atoms with E-state index >= 15 is 0 Å². The second-order valence-corrected chi connectivity index (χ2v) is 5.46. The first-order valence-corrected chi connectivity index (χ1v) is 7.43. The Labute approximate surface area is 149 Å². The van der Waals surface area contributed by atoms with Crippen LogP contribution in [-0.4, -0.2) is 51.3 Å². The van der Waals surface area contributed by atoms with E-state index < -0.39 is 0 Å². The van der Waals surface area contributed by atoms with Gasteiger partial charge in [0.05, 0.1) is 6.61 Å². The number of guanidine groups is 1. The Kier molecular flexibility index (Phi) is 8.70. The largest absolute Gasteiger partial charge is 0.381 e. The molecule has 4 nitrogen and oxygen atoms in total. The number of aliphatic imine (C=N–C) groups is 1. The Hall–Kier alpha value is -0.890. The molecule has 0 saturated carbocycles. The molecule has 1 aromatic carbocycles. The molecular weight excluding hydrogens is 396 g/mol. The zero-order chi connectivity index (χ0) is 15.1. The van der Waals surface area contributed by atoms with E-state index in [0.29, 0.717) is 5.92 Å². The number of hydrogen-bond donors (Lipinski definition) is 1. The molecule has 1 aliphatic rings. The van der Waals surface area contributed by atoms with Crippen LogP contribution in [-0.2, 0) is 11.2 Å². The minimum atomic E-state index is -0.193. The molecule has 0 aromatic heterocycles. The van der Waals surface area contributed by atoms with Crippen LogP contribution in [0.3, 0.4) is 0 Å². The van der Waals surface area contributed by atoms with Gasteiger partial charge in [-0.15, -0.1) is 24.0 Å². The van der Waals surface area contributed by atoms with Gasteiger partial charge in [-0.25, -0.2) is 4.39 Å². The highest BCUT2D eigenvalue weighted by atomic mass is 127. The van der Waals surface area contributed by atoms with Gasteiger partial charge in [-0.3, -0.25) is 4.99 Å². The average molecular weight is 421 g/mol. The molecule has 1 N–H and O–H groups in total. The van der Waals surface area contributed by atoms with Crippen LogP contribution in [0.5, 0.6) is 0 Å². The summed E-state index contributed by atoms with van der Waals surface area (Å²) < 4.78 is 18.2. The van der Waals surface area contributed by atoms with Gasteiger partial charge in [0.15, 0.2) is 5.96 Å². The Balaban J connectivity index is 0.00000242. The minimum Gasteiger partial charge on any atom is -0.381 e. The summed E-state index contributed by atoms with van der Waals surface area (Å²) in [5.74, 6) is 1.29. The van der Waals surface area contributed by atoms with Crippen molar-refractivity contribution in [2.75, 3.05) is 40.4 Å². The van der Waals surface area contributed by atoms with E-state index in [1.807, 2.05) is 19.2 Å². The first kappa shape index (κ1) is 19.2. The summed E-state index contributed by atoms with van der Waals surface area (Å²) in [6.07, 6.45) is 1.97. The van der Waals surface area contributed by atoms with E-state index in [1.54, 1.807) is 7.05 Å². The van der Waals surface area contributed by atoms with Gasteiger partial charge in [0, 0.05) is 39.7 Å². The van der Waals surface area contributed by atoms with Crippen LogP contribution in [0, 0.1) is 11.7 Å². The van der Waals surface area contributed by atoms with Crippen LogP contribution >= 0.6 is 24.0 Å². The highest BCUT2D eigenvalue weighted by Crippen LogP contribution is 2.13. The van der Waals surface area contributed by atoms with E-state index in [2.05, 4.69) is 15.2 Å². The van der Waals surface area contributed by atoms with E-state index in [4.69, 9.17) is 4.74 Å². The molecule has 1 fully saturated rings. The SMILES string of the molecule is CN=C(NCCc1ccc(F)cc1)N(C)CC1CCOC1.I. The van der Waals surface area contributed by atoms with Crippen LogP contribution in [0.25, 0.3) is 0 Å². The Morgan fingerprint density at radius 3 is 2.73 bits per heavy atom. The van der Waals surface area contributed by atoms with Crippen LogP contribution in [0.1, 0.15) is 12.0 Å². The van der Waals surface area contributed by atoms with Gasteiger partial charge in [0.2, 0.25) is 0 Å². The molecule has 1 aromatic rings. The van der Waals surface area contributed by atoms with Crippen molar-refractivity contribution in [3.8, 4) is 0 Å². The van der Waals surface area contributed by atoms with Crippen molar-refractivity contribution in [3.05, 3.63) is 35.6 Å². The smallest absolute Gasteiger partial charge is 0.193 e. The second kappa shape index (κ2) is 9.99. The molecule has 0 radical (unpaired) electrons. The van der Waals surface area contributed by atoms with Gasteiger partial charge < -0.3 is 15.0 Å². The summed E-state index contributed by atoms with van der Waals surface area (Å²) in [6, 6.07) is 6.63. The highest BCUT2D eigenvalue weighted by Gasteiger charge is 2.18. The number of ether oxygens (including phenoxy) is 1. The summed E-state index contributed by atoms with van der Waals surface area (Å²) in [4.78, 5) is 6.45. The molecular formula is C16H25FIN3O. The third-order valence-corrected chi connectivity index (χ3v) is 3.74. The number of halogens is 2. The topological polar surface area (TPSA) is 36.9 Å². The maximum absolute atomic E-state index is 12.8. The van der Waals surface area contributed by atoms with Crippen LogP contribution in [0.2, 0.25) is 0 Å². The Morgan fingerprint density at radius 2 is 2.14 bits per heavy atom. The van der Waals surface area contributed by atoms with Gasteiger partial charge >= 0.3 is 0 Å². The lowest BCUT2D eigenvalue weighted by molar-refractivity contribution is 0.181. The third kappa shape index (κ3) is 6.08. The number of benzene rings is 1. The van der Waals surface area contributed by atoms with Crippen molar-refractivity contribution in [1.29, 1.82) is 0 Å². The van der Waals surface area contributed by atoms with Crippen molar-refractivity contribution in [3.63, 3.8) is 0 Å². The van der Waals surface area contributed by atoms with E-state index in [1.165, 1.54) is 12.1 Å². The maximum Gasteiger partial charge on any atom is 0.193 e. The van der Waals surface area contributed by atoms with Gasteiger partial charge in [0.1, 0.15) is 5.82 Å². The summed E-state index contributed by atoms with van der Waals surface area (Å²) in [6.45, 7) is 3.45. The molecule has 0 amide bonds. The minimum absolute atomic E-state index is 0. The standard InChI is InChI=1S/C16H24FN3O.HI/c1-18-16(20(2)11-14-8-10-21-12-14)19-9-7-13-3-5-15(17)6-4-13;/h3-6,14H,7-12H2,1-2H3,(H,18,19);1H. The van der Waals surface area contributed by atoms with Crippen LogP contribution in [0.4, 0.5) is 4.39 Å². The molecule has 0 bridgehead atoms. The van der Waals surface area contributed by atoms with E-state index in [-0.39, 0.29) is 29.8 Å². The summed E-state index contributed by atoms with van der Waals surface area (Å²) in [5.41, 5.74) is 1.12. The molecule has 0 aliphatic carbocycles. The van der Waals surface area contributed by atoms with Gasteiger partial charge in [0.25, 0.3) is 0 Å². The monoisotopic (exact) mass is 421 g/mol. The predicted octanol–water partition coefficient (Wildman–Crippen LogP) is 2.53. The van der Waals surface area contributed by atoms with Crippen molar-refractivity contribution < 1.29 is 9.13 Å². The highest BCUT2D eigenvalue weighted by molar-refractivity contribution is 14.0. The number of nitrogens with one attached hydrogen (secondary N) is 1. The Morgan fingerprint density at radius 1 is 1.41 bits per heavy atom. The first-order valence-electron chi connectivity index (χ1n) is 7.43. The number of nitrogens with zero attached hydrogens (tertiary/aromatic N) is 2. The zero-order valence-corrected chi connectivity index (χ0v) is 15.5. The van der Waals surface area contributed by atoms with Crippen molar-refractivity contribution in [2.45, 2.75) is 12.8 Å². The Bertz CT molecular complexity index is 461. The molecule has 1 atom stereocenters. The fourth-order valence-corrected chi connectivity index (χ4v) is 2.56. The van der Waals surface area contributed by atoms with Crippen LogP contribution in [0.15, 0.2) is 29.3 Å². The molecule has 22 heavy (non-hydrogen) atoms. The second-order valence-electron chi connectivity index (χ2n) is 5.46. The normalized spacial score (nSPS) is 18.0. The van der Waals surface area contributed by atoms with Gasteiger partial charge in [-0.2, -0.15) is 0 Å². The lowest BCUT2D eigenvalue weighted by atomic mass is 10.1. The van der Waals surface area contributed by atoms with Gasteiger partial charge in [-0.05, 0) is 30.5 Å². The number of rotatable bonds is 5. The summed E-state index contributed by atoms with van der Waals surface area (Å²) in [5, 5.41) is 3.35. The van der Waals surface area contributed by atoms with Crippen molar-refractivity contribution in [2.24, 2.45) is 10.9 Å². The predicted molar refractivity (Wildman–Crippen MR) is 98.4 cm³/mol. The lowest BCUT2D eigenvalue weighted by Crippen LogP contribution is -2.42. The fraction of sp³-hybridized carbons (Fsp3) is 0.562. The summed E-state index contributed by atoms with van der Waals surface area (Å²) in [7, 11) is 3.84. The molecule has 6 heteroatoms. The first-order chi connectivity index (χ1) is 10.2. The molecule has 1 heterocycles. The summed E-state index contributed by atoms with van der Waals surface area (Å²) >= 11 is 0. The molecule has 2 rings (SSSR count). The molecule has 1 aliphatic heterocycles. The van der Waals surface area contributed by atoms with Crippen molar-refractivity contribution >= 4 is 29.9 Å². The molecule has 124 valence electrons. The van der Waals surface area contributed by atoms with Gasteiger partial charge in [-0.1, -0.05) is 12.1 Å². The van der Waals surface area contributed by atoms with Crippen LogP contribution < -0.4 is 5.32 Å². The zero-order valence-electron chi connectivity index (χ0n) is 13.2. The quantitative estimate of drug-likeness (QED) is 0.451. The lowest BCUT2D eigenvalue weighted by Gasteiger charge is -2.24.